The summed E-state index contributed by atoms with van der Waals surface area (Å²) in [7, 11) is 0. The van der Waals surface area contributed by atoms with Crippen LogP contribution in [0.5, 0.6) is 0 Å². The Bertz CT molecular complexity index is 379. The van der Waals surface area contributed by atoms with Gasteiger partial charge in [0.05, 0.1) is 0 Å². The van der Waals surface area contributed by atoms with E-state index in [2.05, 4.69) is 12.2 Å². The van der Waals surface area contributed by atoms with Crippen LogP contribution in [0.1, 0.15) is 71.1 Å². The molecule has 0 amide bonds. The van der Waals surface area contributed by atoms with Gasteiger partial charge in [-0.25, -0.2) is 0 Å². The molecule has 6 rings (SSSR count). The van der Waals surface area contributed by atoms with Crippen molar-refractivity contribution in [3.63, 3.8) is 0 Å². The van der Waals surface area contributed by atoms with Gasteiger partial charge in [0.15, 0.2) is 0 Å². The zero-order chi connectivity index (χ0) is 14.0. The van der Waals surface area contributed by atoms with E-state index in [4.69, 9.17) is 0 Å². The van der Waals surface area contributed by atoms with Crippen molar-refractivity contribution in [2.24, 2.45) is 40.9 Å². The topological polar surface area (TPSA) is 12.0 Å². The largest absolute Gasteiger partial charge is 0.313 e. The van der Waals surface area contributed by atoms with E-state index in [0.29, 0.717) is 5.41 Å². The van der Waals surface area contributed by atoms with Crippen LogP contribution in [0.25, 0.3) is 0 Å². The van der Waals surface area contributed by atoms with Gasteiger partial charge in [0.2, 0.25) is 0 Å². The summed E-state index contributed by atoms with van der Waals surface area (Å²) in [5, 5.41) is 4.07. The lowest BCUT2D eigenvalue weighted by Crippen LogP contribution is -2.55. The molecule has 1 N–H and O–H groups in total. The maximum atomic E-state index is 4.07. The molecule has 0 aromatic carbocycles. The molecule has 6 aliphatic rings. The molecule has 0 aromatic rings. The van der Waals surface area contributed by atoms with Crippen molar-refractivity contribution < 1.29 is 0 Å². The Hall–Kier alpha value is -0.0400. The third-order valence-electron chi connectivity index (χ3n) is 8.57. The van der Waals surface area contributed by atoms with Gasteiger partial charge in [-0.05, 0) is 112 Å². The molecule has 6 saturated carbocycles. The monoisotopic (exact) mass is 287 g/mol. The molecule has 1 nitrogen and oxygen atoms in total. The van der Waals surface area contributed by atoms with Crippen molar-refractivity contribution in [1.29, 1.82) is 0 Å². The molecular formula is C20H33N. The average Bonchev–Trinajstić information content (AvgIpc) is 3.05. The minimum atomic E-state index is 0.701. The summed E-state index contributed by atoms with van der Waals surface area (Å²) >= 11 is 0. The fraction of sp³-hybridized carbons (Fsp3) is 1.00. The summed E-state index contributed by atoms with van der Waals surface area (Å²) in [6, 6.07) is 0.782. The van der Waals surface area contributed by atoms with E-state index in [0.717, 1.165) is 41.5 Å². The minimum Gasteiger partial charge on any atom is -0.313 e. The number of hydrogen-bond donors (Lipinski definition) is 1. The summed E-state index contributed by atoms with van der Waals surface area (Å²) in [6.45, 7) is 3.88. The van der Waals surface area contributed by atoms with E-state index in [-0.39, 0.29) is 0 Å². The first-order valence-electron chi connectivity index (χ1n) is 9.93. The summed E-state index contributed by atoms with van der Waals surface area (Å²) in [4.78, 5) is 0. The van der Waals surface area contributed by atoms with E-state index in [1.807, 2.05) is 0 Å². The molecule has 6 bridgehead atoms. The molecule has 4 atom stereocenters. The quantitative estimate of drug-likeness (QED) is 0.795. The lowest BCUT2D eigenvalue weighted by molar-refractivity contribution is -0.0710. The van der Waals surface area contributed by atoms with E-state index < -0.39 is 0 Å². The van der Waals surface area contributed by atoms with Gasteiger partial charge in [-0.15, -0.1) is 0 Å². The van der Waals surface area contributed by atoms with E-state index in [1.165, 1.54) is 6.54 Å². The molecule has 0 saturated heterocycles. The van der Waals surface area contributed by atoms with Crippen LogP contribution in [0.15, 0.2) is 0 Å². The molecule has 6 fully saturated rings. The highest BCUT2D eigenvalue weighted by Gasteiger charge is 2.53. The van der Waals surface area contributed by atoms with Gasteiger partial charge in [0.25, 0.3) is 0 Å². The predicted octanol–water partition coefficient (Wildman–Crippen LogP) is 4.62. The second kappa shape index (κ2) is 4.73. The highest BCUT2D eigenvalue weighted by molar-refractivity contribution is 5.05. The Morgan fingerprint density at radius 3 is 2.05 bits per heavy atom. The van der Waals surface area contributed by atoms with Crippen LogP contribution >= 0.6 is 0 Å². The molecule has 0 spiro atoms. The Labute approximate surface area is 130 Å². The number of nitrogens with one attached hydrogen (secondary N) is 1. The number of fused-ring (bicyclic) bond motifs is 2. The van der Waals surface area contributed by atoms with Gasteiger partial charge in [-0.1, -0.05) is 6.42 Å². The molecule has 0 aliphatic heterocycles. The van der Waals surface area contributed by atoms with Gasteiger partial charge < -0.3 is 5.32 Å². The van der Waals surface area contributed by atoms with Crippen molar-refractivity contribution in [3.05, 3.63) is 0 Å². The van der Waals surface area contributed by atoms with E-state index in [1.54, 1.807) is 64.2 Å². The standard InChI is InChI=1S/C20H33N/c1-13(21-12-19-8-14-2-3-18(19)7-14)20-9-15-4-16(10-20)6-17(5-15)11-20/h13-19,21H,2-12H2,1H3. The van der Waals surface area contributed by atoms with Gasteiger partial charge in [0.1, 0.15) is 0 Å². The highest BCUT2D eigenvalue weighted by atomic mass is 14.9. The second-order valence-electron chi connectivity index (χ2n) is 9.84. The molecule has 0 radical (unpaired) electrons. The van der Waals surface area contributed by atoms with Crippen molar-refractivity contribution in [1.82, 2.24) is 5.32 Å². The fourth-order valence-corrected chi connectivity index (χ4v) is 7.88. The van der Waals surface area contributed by atoms with E-state index in [9.17, 15) is 0 Å². The fourth-order valence-electron chi connectivity index (χ4n) is 7.88. The molecule has 118 valence electrons. The maximum absolute atomic E-state index is 4.07. The van der Waals surface area contributed by atoms with Crippen LogP contribution < -0.4 is 5.32 Å². The molecule has 4 unspecified atom stereocenters. The zero-order valence-corrected chi connectivity index (χ0v) is 13.8. The van der Waals surface area contributed by atoms with Crippen LogP contribution in [0.2, 0.25) is 0 Å². The Morgan fingerprint density at radius 1 is 0.857 bits per heavy atom. The molecule has 0 aromatic heterocycles. The van der Waals surface area contributed by atoms with Crippen LogP contribution in [0.3, 0.4) is 0 Å². The molecule has 1 heteroatoms. The Kier molecular flexibility index (Phi) is 3.02. The highest BCUT2D eigenvalue weighted by Crippen LogP contribution is 2.61. The van der Waals surface area contributed by atoms with Gasteiger partial charge in [0, 0.05) is 6.04 Å². The van der Waals surface area contributed by atoms with Crippen molar-refractivity contribution in [3.8, 4) is 0 Å². The van der Waals surface area contributed by atoms with Crippen molar-refractivity contribution in [2.75, 3.05) is 6.54 Å². The van der Waals surface area contributed by atoms with Gasteiger partial charge >= 0.3 is 0 Å². The maximum Gasteiger partial charge on any atom is 0.00956 e. The summed E-state index contributed by atoms with van der Waals surface area (Å²) in [5.74, 6) is 6.52. The summed E-state index contributed by atoms with van der Waals surface area (Å²) in [5.41, 5.74) is 0.701. The molecular weight excluding hydrogens is 254 g/mol. The van der Waals surface area contributed by atoms with Crippen molar-refractivity contribution >= 4 is 0 Å². The molecule has 21 heavy (non-hydrogen) atoms. The third kappa shape index (κ3) is 2.13. The average molecular weight is 287 g/mol. The number of hydrogen-bond acceptors (Lipinski definition) is 1. The first-order chi connectivity index (χ1) is 10.2. The smallest absolute Gasteiger partial charge is 0.00956 e. The Morgan fingerprint density at radius 2 is 1.52 bits per heavy atom. The van der Waals surface area contributed by atoms with Crippen LogP contribution in [-0.4, -0.2) is 12.6 Å². The zero-order valence-electron chi connectivity index (χ0n) is 13.8. The lowest BCUT2D eigenvalue weighted by atomic mass is 9.48. The SMILES string of the molecule is CC(NCC1CC2CCC1C2)C12CC3CC(CC(C3)C1)C2. The van der Waals surface area contributed by atoms with Crippen LogP contribution in [-0.2, 0) is 0 Å². The van der Waals surface area contributed by atoms with E-state index >= 15 is 0 Å². The van der Waals surface area contributed by atoms with Gasteiger partial charge in [-0.3, -0.25) is 0 Å². The molecule has 0 heterocycles. The lowest BCUT2D eigenvalue weighted by Gasteiger charge is -2.59. The first kappa shape index (κ1) is 13.4. The third-order valence-corrected chi connectivity index (χ3v) is 8.57. The normalized spacial score (nSPS) is 55.3. The van der Waals surface area contributed by atoms with Crippen LogP contribution in [0, 0.1) is 40.9 Å². The first-order valence-corrected chi connectivity index (χ1v) is 9.93. The van der Waals surface area contributed by atoms with Gasteiger partial charge in [-0.2, -0.15) is 0 Å². The summed E-state index contributed by atoms with van der Waals surface area (Å²) < 4.78 is 0. The van der Waals surface area contributed by atoms with Crippen molar-refractivity contribution in [2.45, 2.75) is 77.2 Å². The predicted molar refractivity (Wildman–Crippen MR) is 87.0 cm³/mol. The van der Waals surface area contributed by atoms with Crippen LogP contribution in [0.4, 0.5) is 0 Å². The molecule has 6 aliphatic carbocycles. The minimum absolute atomic E-state index is 0.701. The summed E-state index contributed by atoms with van der Waals surface area (Å²) in [6.07, 6.45) is 15.6. The second-order valence-corrected chi connectivity index (χ2v) is 9.84. The Balaban J connectivity index is 1.23. The number of rotatable bonds is 4.